The van der Waals surface area contributed by atoms with Gasteiger partial charge in [-0.1, -0.05) is 43.0 Å². The zero-order valence-electron chi connectivity index (χ0n) is 6.08. The lowest BCUT2D eigenvalue weighted by Crippen LogP contribution is -1.78. The zero-order valence-corrected chi connectivity index (χ0v) is 6.08. The molecule has 0 aliphatic carbocycles. The molecule has 11 heavy (non-hydrogen) atoms. The Morgan fingerprint density at radius 2 is 2.00 bits per heavy atom. The van der Waals surface area contributed by atoms with Crippen molar-refractivity contribution in [3.05, 3.63) is 48.6 Å². The molecule has 0 amide bonds. The highest BCUT2D eigenvalue weighted by Gasteiger charge is 1.93. The Kier molecular flexibility index (Phi) is 2.42. The lowest BCUT2D eigenvalue weighted by molar-refractivity contribution is 0.569. The molecule has 0 radical (unpaired) electrons. The SMILES string of the molecule is C=CC(=C=O)c1ccccc1. The summed E-state index contributed by atoms with van der Waals surface area (Å²) in [5.74, 6) is 1.82. The van der Waals surface area contributed by atoms with Gasteiger partial charge < -0.3 is 0 Å². The Morgan fingerprint density at radius 3 is 2.45 bits per heavy atom. The van der Waals surface area contributed by atoms with E-state index in [1.807, 2.05) is 36.3 Å². The molecule has 0 aliphatic rings. The van der Waals surface area contributed by atoms with Gasteiger partial charge in [-0.15, -0.1) is 0 Å². The van der Waals surface area contributed by atoms with Crippen LogP contribution in [0.15, 0.2) is 43.0 Å². The van der Waals surface area contributed by atoms with Crippen LogP contribution in [-0.2, 0) is 4.79 Å². The summed E-state index contributed by atoms with van der Waals surface area (Å²) in [5.41, 5.74) is 1.36. The van der Waals surface area contributed by atoms with Gasteiger partial charge in [0.25, 0.3) is 0 Å². The van der Waals surface area contributed by atoms with Crippen molar-refractivity contribution in [2.24, 2.45) is 0 Å². The summed E-state index contributed by atoms with van der Waals surface area (Å²) in [6.45, 7) is 3.51. The van der Waals surface area contributed by atoms with E-state index in [0.29, 0.717) is 5.57 Å². The van der Waals surface area contributed by atoms with Crippen molar-refractivity contribution < 1.29 is 4.79 Å². The molecule has 0 N–H and O–H groups in total. The number of hydrogen-bond acceptors (Lipinski definition) is 1. The lowest BCUT2D eigenvalue weighted by atomic mass is 10.1. The Hall–Kier alpha value is -1.59. The van der Waals surface area contributed by atoms with Crippen molar-refractivity contribution in [1.82, 2.24) is 0 Å². The molecule has 0 saturated carbocycles. The number of benzene rings is 1. The quantitative estimate of drug-likeness (QED) is 0.459. The minimum Gasteiger partial charge on any atom is -0.233 e. The maximum Gasteiger partial charge on any atom is 0.132 e. The fourth-order valence-corrected chi connectivity index (χ4v) is 0.836. The third-order valence-corrected chi connectivity index (χ3v) is 1.40. The highest BCUT2D eigenvalue weighted by atomic mass is 16.1. The van der Waals surface area contributed by atoms with Gasteiger partial charge in [0, 0.05) is 0 Å². The van der Waals surface area contributed by atoms with Gasteiger partial charge in [-0.05, 0) is 5.56 Å². The predicted molar refractivity (Wildman–Crippen MR) is 45.7 cm³/mol. The van der Waals surface area contributed by atoms with E-state index in [1.165, 1.54) is 6.08 Å². The van der Waals surface area contributed by atoms with Crippen LogP contribution in [0.4, 0.5) is 0 Å². The molecule has 1 nitrogen and oxygen atoms in total. The minimum absolute atomic E-state index is 0.505. The first-order valence-corrected chi connectivity index (χ1v) is 3.31. The molecule has 1 aromatic rings. The molecule has 0 spiro atoms. The van der Waals surface area contributed by atoms with Gasteiger partial charge >= 0.3 is 0 Å². The lowest BCUT2D eigenvalue weighted by Gasteiger charge is -1.93. The number of allylic oxidation sites excluding steroid dienone is 2. The normalized spacial score (nSPS) is 8.36. The maximum atomic E-state index is 10.3. The molecular formula is C10H8O. The molecule has 1 rings (SSSR count). The van der Waals surface area contributed by atoms with Crippen LogP contribution < -0.4 is 0 Å². The number of rotatable bonds is 2. The minimum atomic E-state index is 0.505. The third-order valence-electron chi connectivity index (χ3n) is 1.40. The highest BCUT2D eigenvalue weighted by Crippen LogP contribution is 2.10. The van der Waals surface area contributed by atoms with E-state index in [0.717, 1.165) is 5.56 Å². The average molecular weight is 144 g/mol. The summed E-state index contributed by atoms with van der Waals surface area (Å²) >= 11 is 0. The van der Waals surface area contributed by atoms with Crippen LogP contribution in [0.5, 0.6) is 0 Å². The van der Waals surface area contributed by atoms with Crippen molar-refractivity contribution in [3.63, 3.8) is 0 Å². The number of hydrogen-bond donors (Lipinski definition) is 0. The highest BCUT2D eigenvalue weighted by molar-refractivity contribution is 5.92. The smallest absolute Gasteiger partial charge is 0.132 e. The standard InChI is InChI=1S/C10H8O/c1-2-9(8-11)10-6-4-3-5-7-10/h2-7H,1H2. The molecule has 0 atom stereocenters. The van der Waals surface area contributed by atoms with E-state index >= 15 is 0 Å². The molecule has 0 aromatic heterocycles. The third kappa shape index (κ3) is 1.66. The van der Waals surface area contributed by atoms with Gasteiger partial charge in [-0.2, -0.15) is 0 Å². The summed E-state index contributed by atoms with van der Waals surface area (Å²) in [6, 6.07) is 9.34. The van der Waals surface area contributed by atoms with E-state index in [4.69, 9.17) is 0 Å². The van der Waals surface area contributed by atoms with Crippen molar-refractivity contribution >= 4 is 11.5 Å². The van der Waals surface area contributed by atoms with Crippen molar-refractivity contribution in [2.45, 2.75) is 0 Å². The average Bonchev–Trinajstić information content (AvgIpc) is 2.09. The van der Waals surface area contributed by atoms with Crippen LogP contribution in [0, 0.1) is 0 Å². The van der Waals surface area contributed by atoms with E-state index in [9.17, 15) is 4.79 Å². The van der Waals surface area contributed by atoms with Crippen molar-refractivity contribution in [2.75, 3.05) is 0 Å². The van der Waals surface area contributed by atoms with Gasteiger partial charge in [-0.25, -0.2) is 4.79 Å². The second-order valence-electron chi connectivity index (χ2n) is 2.09. The van der Waals surface area contributed by atoms with Gasteiger partial charge in [0.1, 0.15) is 5.94 Å². The van der Waals surface area contributed by atoms with Gasteiger partial charge in [0.2, 0.25) is 0 Å². The Labute approximate surface area is 65.7 Å². The topological polar surface area (TPSA) is 17.1 Å². The first-order valence-electron chi connectivity index (χ1n) is 3.31. The van der Waals surface area contributed by atoms with Gasteiger partial charge in [-0.3, -0.25) is 0 Å². The fraction of sp³-hybridized carbons (Fsp3) is 0. The van der Waals surface area contributed by atoms with Crippen LogP contribution in [0.25, 0.3) is 5.57 Å². The molecule has 1 heteroatoms. The first-order chi connectivity index (χ1) is 5.38. The molecule has 54 valence electrons. The van der Waals surface area contributed by atoms with Crippen molar-refractivity contribution in [1.29, 1.82) is 0 Å². The summed E-state index contributed by atoms with van der Waals surface area (Å²) < 4.78 is 0. The molecule has 0 aliphatic heterocycles. The molecule has 1 aromatic carbocycles. The van der Waals surface area contributed by atoms with E-state index < -0.39 is 0 Å². The Balaban J connectivity index is 3.11. The van der Waals surface area contributed by atoms with Crippen LogP contribution in [-0.4, -0.2) is 5.94 Å². The zero-order chi connectivity index (χ0) is 8.10. The second-order valence-corrected chi connectivity index (χ2v) is 2.09. The molecule has 0 heterocycles. The van der Waals surface area contributed by atoms with E-state index in [1.54, 1.807) is 0 Å². The van der Waals surface area contributed by atoms with Gasteiger partial charge in [0.15, 0.2) is 0 Å². The van der Waals surface area contributed by atoms with Crippen LogP contribution in [0.3, 0.4) is 0 Å². The molecule has 0 bridgehead atoms. The van der Waals surface area contributed by atoms with Crippen LogP contribution >= 0.6 is 0 Å². The van der Waals surface area contributed by atoms with Gasteiger partial charge in [0.05, 0.1) is 5.57 Å². The fourth-order valence-electron chi connectivity index (χ4n) is 0.836. The summed E-state index contributed by atoms with van der Waals surface area (Å²) in [7, 11) is 0. The molecule has 0 unspecified atom stereocenters. The van der Waals surface area contributed by atoms with E-state index in [-0.39, 0.29) is 0 Å². The summed E-state index contributed by atoms with van der Waals surface area (Å²) in [4.78, 5) is 10.3. The Bertz CT molecular complexity index is 292. The Morgan fingerprint density at radius 1 is 1.36 bits per heavy atom. The summed E-state index contributed by atoms with van der Waals surface area (Å²) in [5, 5.41) is 0. The molecule has 0 saturated heterocycles. The number of carbonyl (C=O) groups excluding carboxylic acids is 1. The predicted octanol–water partition coefficient (Wildman–Crippen LogP) is 2.09. The second kappa shape index (κ2) is 3.55. The van der Waals surface area contributed by atoms with Crippen molar-refractivity contribution in [3.8, 4) is 0 Å². The van der Waals surface area contributed by atoms with Crippen LogP contribution in [0.1, 0.15) is 5.56 Å². The first kappa shape index (κ1) is 7.52. The molecular weight excluding hydrogens is 136 g/mol. The summed E-state index contributed by atoms with van der Waals surface area (Å²) in [6.07, 6.45) is 1.50. The van der Waals surface area contributed by atoms with E-state index in [2.05, 4.69) is 6.58 Å². The molecule has 0 fully saturated rings. The maximum absolute atomic E-state index is 10.3. The van der Waals surface area contributed by atoms with Crippen LogP contribution in [0.2, 0.25) is 0 Å². The monoisotopic (exact) mass is 144 g/mol. The largest absolute Gasteiger partial charge is 0.233 e.